The number of hydrogen-bond acceptors (Lipinski definition) is 6. The van der Waals surface area contributed by atoms with Gasteiger partial charge >= 0.3 is 0 Å². The van der Waals surface area contributed by atoms with Crippen molar-refractivity contribution in [1.82, 2.24) is 5.43 Å². The summed E-state index contributed by atoms with van der Waals surface area (Å²) in [6.07, 6.45) is 1.51. The zero-order valence-corrected chi connectivity index (χ0v) is 19.0. The van der Waals surface area contributed by atoms with E-state index in [9.17, 15) is 14.9 Å². The van der Waals surface area contributed by atoms with E-state index in [1.807, 2.05) is 0 Å². The van der Waals surface area contributed by atoms with E-state index in [1.165, 1.54) is 37.6 Å². The number of nitrogens with zero attached hydrogens (tertiary/aromatic N) is 2. The van der Waals surface area contributed by atoms with Gasteiger partial charge in [-0.05, 0) is 41.5 Å². The first-order valence-electron chi connectivity index (χ1n) is 9.65. The van der Waals surface area contributed by atoms with Crippen LogP contribution in [0.3, 0.4) is 0 Å². The van der Waals surface area contributed by atoms with Crippen molar-refractivity contribution in [3.05, 3.63) is 97.5 Å². The van der Waals surface area contributed by atoms with Gasteiger partial charge in [-0.3, -0.25) is 14.9 Å². The highest BCUT2D eigenvalue weighted by Crippen LogP contribution is 2.29. The zero-order valence-electron chi connectivity index (χ0n) is 17.5. The average molecular weight is 488 g/mol. The van der Waals surface area contributed by atoms with Crippen molar-refractivity contribution in [1.29, 1.82) is 0 Å². The Kier molecular flexibility index (Phi) is 8.23. The summed E-state index contributed by atoms with van der Waals surface area (Å²) in [6, 6.07) is 16.1. The lowest BCUT2D eigenvalue weighted by atomic mass is 10.1. The SMILES string of the molecule is COc1cc(/C=N\NC(=O)Cc2ccc([N+](=O)[O-])cc2)ccc1OCc1ccc(Cl)cc1Cl. The van der Waals surface area contributed by atoms with Gasteiger partial charge in [0.1, 0.15) is 6.61 Å². The first-order valence-corrected chi connectivity index (χ1v) is 10.4. The van der Waals surface area contributed by atoms with E-state index in [1.54, 1.807) is 36.4 Å². The van der Waals surface area contributed by atoms with Crippen LogP contribution in [0.1, 0.15) is 16.7 Å². The minimum absolute atomic E-state index is 0.0326. The third-order valence-corrected chi connectivity index (χ3v) is 5.09. The van der Waals surface area contributed by atoms with Crippen LogP contribution in [-0.4, -0.2) is 24.2 Å². The second kappa shape index (κ2) is 11.3. The number of nitrogens with one attached hydrogen (secondary N) is 1. The average Bonchev–Trinajstić information content (AvgIpc) is 2.79. The molecule has 10 heteroatoms. The lowest BCUT2D eigenvalue weighted by Gasteiger charge is -2.12. The molecule has 0 heterocycles. The highest BCUT2D eigenvalue weighted by atomic mass is 35.5. The number of benzene rings is 3. The van der Waals surface area contributed by atoms with Crippen molar-refractivity contribution in [3.8, 4) is 11.5 Å². The summed E-state index contributed by atoms with van der Waals surface area (Å²) in [5, 5.41) is 15.7. The fourth-order valence-corrected chi connectivity index (χ4v) is 3.28. The van der Waals surface area contributed by atoms with Gasteiger partial charge in [0.05, 0.1) is 24.7 Å². The summed E-state index contributed by atoms with van der Waals surface area (Å²) >= 11 is 12.1. The van der Waals surface area contributed by atoms with Crippen molar-refractivity contribution in [3.63, 3.8) is 0 Å². The predicted octanol–water partition coefficient (Wildman–Crippen LogP) is 5.18. The quantitative estimate of drug-likeness (QED) is 0.254. The molecule has 0 saturated heterocycles. The Morgan fingerprint density at radius 1 is 1.09 bits per heavy atom. The number of rotatable bonds is 9. The predicted molar refractivity (Wildman–Crippen MR) is 126 cm³/mol. The normalized spacial score (nSPS) is 10.8. The van der Waals surface area contributed by atoms with Gasteiger partial charge in [0.25, 0.3) is 5.69 Å². The van der Waals surface area contributed by atoms with Crippen LogP contribution < -0.4 is 14.9 Å². The van der Waals surface area contributed by atoms with E-state index < -0.39 is 4.92 Å². The third kappa shape index (κ3) is 6.93. The molecule has 3 rings (SSSR count). The molecule has 170 valence electrons. The van der Waals surface area contributed by atoms with Gasteiger partial charge in [0.15, 0.2) is 11.5 Å². The third-order valence-electron chi connectivity index (χ3n) is 4.50. The van der Waals surface area contributed by atoms with Crippen LogP contribution in [0, 0.1) is 10.1 Å². The lowest BCUT2D eigenvalue weighted by Crippen LogP contribution is -2.19. The molecule has 3 aromatic carbocycles. The Bertz CT molecular complexity index is 1180. The van der Waals surface area contributed by atoms with Gasteiger partial charge in [-0.2, -0.15) is 5.10 Å². The molecule has 0 saturated carbocycles. The number of non-ortho nitro benzene ring substituents is 1. The molecule has 0 spiro atoms. The van der Waals surface area contributed by atoms with Crippen molar-refractivity contribution < 1.29 is 19.2 Å². The number of carbonyl (C=O) groups is 1. The zero-order chi connectivity index (χ0) is 23.8. The molecule has 0 aliphatic heterocycles. The molecule has 0 atom stereocenters. The Morgan fingerprint density at radius 3 is 2.52 bits per heavy atom. The smallest absolute Gasteiger partial charge is 0.269 e. The number of ether oxygens (including phenoxy) is 2. The number of hydrogen-bond donors (Lipinski definition) is 1. The second-order valence-corrected chi connectivity index (χ2v) is 7.67. The first-order chi connectivity index (χ1) is 15.9. The minimum Gasteiger partial charge on any atom is -0.493 e. The summed E-state index contributed by atoms with van der Waals surface area (Å²) in [4.78, 5) is 22.2. The molecule has 0 unspecified atom stereocenters. The molecular weight excluding hydrogens is 469 g/mol. The molecule has 0 aliphatic carbocycles. The van der Waals surface area contributed by atoms with Gasteiger partial charge in [0.2, 0.25) is 5.91 Å². The molecular formula is C23H19Cl2N3O5. The van der Waals surface area contributed by atoms with E-state index in [4.69, 9.17) is 32.7 Å². The Morgan fingerprint density at radius 2 is 1.85 bits per heavy atom. The summed E-state index contributed by atoms with van der Waals surface area (Å²) in [5.41, 5.74) is 4.49. The van der Waals surface area contributed by atoms with E-state index in [-0.39, 0.29) is 24.6 Å². The monoisotopic (exact) mass is 487 g/mol. The number of nitro benzene ring substituents is 1. The van der Waals surface area contributed by atoms with Crippen LogP contribution in [0.2, 0.25) is 10.0 Å². The van der Waals surface area contributed by atoms with Crippen LogP contribution >= 0.6 is 23.2 Å². The first kappa shape index (κ1) is 24.0. The largest absolute Gasteiger partial charge is 0.493 e. The van der Waals surface area contributed by atoms with Crippen LogP contribution in [0.5, 0.6) is 11.5 Å². The maximum Gasteiger partial charge on any atom is 0.269 e. The standard InChI is InChI=1S/C23H19Cl2N3O5/c1-32-22-10-16(4-9-21(22)33-14-17-5-6-18(24)12-20(17)25)13-26-27-23(29)11-15-2-7-19(8-3-15)28(30)31/h2-10,12-13H,11,14H2,1H3,(H,27,29)/b26-13-. The topological polar surface area (TPSA) is 103 Å². The Labute approximate surface area is 199 Å². The van der Waals surface area contributed by atoms with Gasteiger partial charge in [0, 0.05) is 27.7 Å². The second-order valence-electron chi connectivity index (χ2n) is 6.83. The van der Waals surface area contributed by atoms with Gasteiger partial charge < -0.3 is 9.47 Å². The van der Waals surface area contributed by atoms with Crippen LogP contribution in [0.4, 0.5) is 5.69 Å². The van der Waals surface area contributed by atoms with Gasteiger partial charge in [-0.1, -0.05) is 41.4 Å². The molecule has 1 amide bonds. The van der Waals surface area contributed by atoms with Crippen molar-refractivity contribution in [2.75, 3.05) is 7.11 Å². The summed E-state index contributed by atoms with van der Waals surface area (Å²) in [7, 11) is 1.52. The maximum atomic E-state index is 12.0. The molecule has 8 nitrogen and oxygen atoms in total. The van der Waals surface area contributed by atoms with Crippen LogP contribution in [-0.2, 0) is 17.8 Å². The van der Waals surface area contributed by atoms with Crippen LogP contribution in [0.15, 0.2) is 65.8 Å². The van der Waals surface area contributed by atoms with E-state index in [0.29, 0.717) is 32.7 Å². The van der Waals surface area contributed by atoms with Gasteiger partial charge in [-0.25, -0.2) is 5.43 Å². The number of methoxy groups -OCH3 is 1. The Balaban J connectivity index is 1.57. The molecule has 0 radical (unpaired) electrons. The summed E-state index contributed by atoms with van der Waals surface area (Å²) in [6.45, 7) is 0.235. The van der Waals surface area contributed by atoms with E-state index in [0.717, 1.165) is 5.56 Å². The van der Waals surface area contributed by atoms with E-state index in [2.05, 4.69) is 10.5 Å². The van der Waals surface area contributed by atoms with Gasteiger partial charge in [-0.15, -0.1) is 0 Å². The number of carbonyl (C=O) groups excluding carboxylic acids is 1. The van der Waals surface area contributed by atoms with Crippen molar-refractivity contribution >= 4 is 41.0 Å². The number of nitro groups is 1. The molecule has 0 aliphatic rings. The summed E-state index contributed by atoms with van der Waals surface area (Å²) in [5.74, 6) is 0.649. The highest BCUT2D eigenvalue weighted by Gasteiger charge is 2.09. The number of halogens is 2. The maximum absolute atomic E-state index is 12.0. The fourth-order valence-electron chi connectivity index (χ4n) is 2.82. The van der Waals surface area contributed by atoms with Crippen molar-refractivity contribution in [2.45, 2.75) is 13.0 Å². The molecule has 0 bridgehead atoms. The number of amides is 1. The number of hydrazone groups is 1. The summed E-state index contributed by atoms with van der Waals surface area (Å²) < 4.78 is 11.2. The highest BCUT2D eigenvalue weighted by molar-refractivity contribution is 6.35. The Hall–Kier alpha value is -3.62. The molecule has 1 N–H and O–H groups in total. The lowest BCUT2D eigenvalue weighted by molar-refractivity contribution is -0.384. The minimum atomic E-state index is -0.494. The molecule has 0 fully saturated rings. The van der Waals surface area contributed by atoms with Crippen molar-refractivity contribution in [2.24, 2.45) is 5.10 Å². The molecule has 0 aromatic heterocycles. The van der Waals surface area contributed by atoms with Crippen LogP contribution in [0.25, 0.3) is 0 Å². The fraction of sp³-hybridized carbons (Fsp3) is 0.130. The molecule has 33 heavy (non-hydrogen) atoms. The molecule has 3 aromatic rings. The van der Waals surface area contributed by atoms with E-state index >= 15 is 0 Å².